The molecule has 0 bridgehead atoms. The van der Waals surface area contributed by atoms with Gasteiger partial charge >= 0.3 is 6.36 Å². The van der Waals surface area contributed by atoms with Gasteiger partial charge in [0.25, 0.3) is 5.91 Å². The van der Waals surface area contributed by atoms with Gasteiger partial charge in [-0.3, -0.25) is 18.9 Å². The summed E-state index contributed by atoms with van der Waals surface area (Å²) in [6.45, 7) is 0.653. The topological polar surface area (TPSA) is 73.2 Å². The van der Waals surface area contributed by atoms with Gasteiger partial charge < -0.3 is 5.32 Å². The fraction of sp³-hybridized carbons (Fsp3) is 0.250. The third-order valence-electron chi connectivity index (χ3n) is 4.51. The Morgan fingerprint density at radius 1 is 1.25 bits per heavy atom. The third-order valence-corrected chi connectivity index (χ3v) is 4.72. The average Bonchev–Trinajstić information content (AvgIpc) is 2.71. The van der Waals surface area contributed by atoms with E-state index in [0.29, 0.717) is 6.07 Å². The Balaban J connectivity index is 2.10. The molecule has 2 aromatic heterocycles. The second-order valence-electron chi connectivity index (χ2n) is 6.68. The van der Waals surface area contributed by atoms with E-state index >= 15 is 0 Å². The third kappa shape index (κ3) is 5.22. The van der Waals surface area contributed by atoms with Gasteiger partial charge in [-0.05, 0) is 30.7 Å². The highest BCUT2D eigenvalue weighted by molar-refractivity contribution is 6.29. The summed E-state index contributed by atoms with van der Waals surface area (Å²) in [7, 11) is 0. The second kappa shape index (κ2) is 9.21. The summed E-state index contributed by atoms with van der Waals surface area (Å²) in [5.74, 6) is -2.86. The fourth-order valence-corrected chi connectivity index (χ4v) is 3.06. The van der Waals surface area contributed by atoms with Crippen molar-refractivity contribution in [2.75, 3.05) is 6.61 Å². The summed E-state index contributed by atoms with van der Waals surface area (Å²) in [5.41, 5.74) is -1.62. The molecule has 6 nitrogen and oxygen atoms in total. The van der Waals surface area contributed by atoms with Crippen molar-refractivity contribution in [3.05, 3.63) is 69.1 Å². The van der Waals surface area contributed by atoms with Gasteiger partial charge in [-0.25, -0.2) is 13.8 Å². The van der Waals surface area contributed by atoms with E-state index in [9.17, 15) is 31.5 Å². The summed E-state index contributed by atoms with van der Waals surface area (Å²) in [4.78, 5) is 29.6. The predicted molar refractivity (Wildman–Crippen MR) is 106 cm³/mol. The van der Waals surface area contributed by atoms with Crippen LogP contribution in [0.1, 0.15) is 23.7 Å². The van der Waals surface area contributed by atoms with E-state index in [0.717, 1.165) is 22.9 Å². The highest BCUT2D eigenvalue weighted by Gasteiger charge is 2.31. The summed E-state index contributed by atoms with van der Waals surface area (Å²) in [6.07, 6.45) is -3.84. The molecule has 1 unspecified atom stereocenters. The molecule has 0 aliphatic rings. The molecule has 2 heterocycles. The van der Waals surface area contributed by atoms with Gasteiger partial charge in [0.05, 0.1) is 23.7 Å². The molecule has 0 aliphatic carbocycles. The molecule has 0 saturated carbocycles. The van der Waals surface area contributed by atoms with Crippen LogP contribution in [-0.2, 0) is 4.74 Å². The van der Waals surface area contributed by atoms with E-state index in [4.69, 9.17) is 11.6 Å². The number of fused-ring (bicyclic) bond motifs is 1. The summed E-state index contributed by atoms with van der Waals surface area (Å²) >= 11 is 5.89. The minimum atomic E-state index is -4.89. The normalized spacial score (nSPS) is 12.7. The maximum atomic E-state index is 14.5. The van der Waals surface area contributed by atoms with E-state index in [2.05, 4.69) is 15.0 Å². The number of ether oxygens (including phenoxy) is 1. The SMILES string of the molecule is CCC(COC(F)(F)F)NC(=O)c1cn(-c2ccc(F)cc2F)c2nc(Cl)ccc2c1=O. The number of alkyl halides is 3. The lowest BCUT2D eigenvalue weighted by molar-refractivity contribution is -0.326. The van der Waals surface area contributed by atoms with Crippen LogP contribution in [0.15, 0.2) is 41.3 Å². The lowest BCUT2D eigenvalue weighted by Gasteiger charge is -2.19. The molecular weight excluding hydrogens is 461 g/mol. The van der Waals surface area contributed by atoms with E-state index in [1.165, 1.54) is 19.1 Å². The Bertz CT molecular complexity index is 1230. The predicted octanol–water partition coefficient (Wildman–Crippen LogP) is 4.36. The maximum Gasteiger partial charge on any atom is 0.522 e. The standard InChI is InChI=1S/C20H15ClF5N3O3/c1-2-11(9-32-20(24,25)26)27-19(31)13-8-29(15-5-3-10(22)7-14(15)23)18-12(17(13)30)4-6-16(21)28-18/h3-8,11H,2,9H2,1H3,(H,27,31). The number of pyridine rings is 2. The van der Waals surface area contributed by atoms with Crippen LogP contribution in [-0.4, -0.2) is 34.5 Å². The van der Waals surface area contributed by atoms with Gasteiger partial charge in [-0.1, -0.05) is 18.5 Å². The molecule has 1 aromatic carbocycles. The zero-order chi connectivity index (χ0) is 23.6. The molecule has 3 aromatic rings. The first kappa shape index (κ1) is 23.6. The van der Waals surface area contributed by atoms with Crippen LogP contribution < -0.4 is 10.7 Å². The molecule has 12 heteroatoms. The first-order valence-corrected chi connectivity index (χ1v) is 9.57. The van der Waals surface area contributed by atoms with E-state index in [-0.39, 0.29) is 28.3 Å². The van der Waals surface area contributed by atoms with E-state index in [1.54, 1.807) is 0 Å². The monoisotopic (exact) mass is 475 g/mol. The number of amides is 1. The molecule has 1 amide bonds. The van der Waals surface area contributed by atoms with Crippen molar-refractivity contribution < 1.29 is 31.5 Å². The Morgan fingerprint density at radius 3 is 2.59 bits per heavy atom. The number of benzene rings is 1. The van der Waals surface area contributed by atoms with Crippen LogP contribution in [0.5, 0.6) is 0 Å². The van der Waals surface area contributed by atoms with Crippen molar-refractivity contribution in [2.45, 2.75) is 25.7 Å². The van der Waals surface area contributed by atoms with E-state index in [1.807, 2.05) is 0 Å². The lowest BCUT2D eigenvalue weighted by atomic mass is 10.1. The number of rotatable bonds is 6. The van der Waals surface area contributed by atoms with Crippen LogP contribution in [0.4, 0.5) is 22.0 Å². The van der Waals surface area contributed by atoms with Crippen LogP contribution in [0.25, 0.3) is 16.7 Å². The van der Waals surface area contributed by atoms with Gasteiger partial charge in [0.2, 0.25) is 5.43 Å². The largest absolute Gasteiger partial charge is 0.522 e. The smallest absolute Gasteiger partial charge is 0.347 e. The van der Waals surface area contributed by atoms with Gasteiger partial charge in [-0.2, -0.15) is 0 Å². The fourth-order valence-electron chi connectivity index (χ4n) is 2.92. The van der Waals surface area contributed by atoms with Crippen LogP contribution in [0.3, 0.4) is 0 Å². The van der Waals surface area contributed by atoms with Gasteiger partial charge in [0, 0.05) is 12.3 Å². The van der Waals surface area contributed by atoms with Crippen molar-refractivity contribution in [3.63, 3.8) is 0 Å². The average molecular weight is 476 g/mol. The molecule has 0 fully saturated rings. The first-order chi connectivity index (χ1) is 15.0. The van der Waals surface area contributed by atoms with Crippen LogP contribution >= 0.6 is 11.6 Å². The zero-order valence-corrected chi connectivity index (χ0v) is 17.1. The first-order valence-electron chi connectivity index (χ1n) is 9.19. The van der Waals surface area contributed by atoms with Gasteiger partial charge in [0.15, 0.2) is 0 Å². The zero-order valence-electron chi connectivity index (χ0n) is 16.3. The summed E-state index contributed by atoms with van der Waals surface area (Å²) in [5, 5.41) is 2.16. The molecule has 32 heavy (non-hydrogen) atoms. The van der Waals surface area contributed by atoms with Crippen LogP contribution in [0.2, 0.25) is 5.15 Å². The Hall–Kier alpha value is -3.05. The number of nitrogens with zero attached hydrogens (tertiary/aromatic N) is 2. The van der Waals surface area contributed by atoms with Gasteiger partial charge in [-0.15, -0.1) is 13.2 Å². The minimum Gasteiger partial charge on any atom is -0.347 e. The van der Waals surface area contributed by atoms with Crippen molar-refractivity contribution >= 4 is 28.5 Å². The molecule has 170 valence electrons. The summed E-state index contributed by atoms with van der Waals surface area (Å²) in [6, 6.07) is 4.14. The van der Waals surface area contributed by atoms with E-state index < -0.39 is 47.5 Å². The van der Waals surface area contributed by atoms with Gasteiger partial charge in [0.1, 0.15) is 28.0 Å². The quantitative estimate of drug-likeness (QED) is 0.425. The lowest BCUT2D eigenvalue weighted by Crippen LogP contribution is -2.41. The molecule has 0 aliphatic heterocycles. The van der Waals surface area contributed by atoms with Crippen molar-refractivity contribution in [3.8, 4) is 5.69 Å². The molecular formula is C20H15ClF5N3O3. The second-order valence-corrected chi connectivity index (χ2v) is 7.07. The molecule has 0 spiro atoms. The number of carbonyl (C=O) groups excluding carboxylic acids is 1. The molecule has 0 radical (unpaired) electrons. The Morgan fingerprint density at radius 2 is 1.97 bits per heavy atom. The number of halogens is 6. The highest BCUT2D eigenvalue weighted by atomic mass is 35.5. The van der Waals surface area contributed by atoms with Crippen molar-refractivity contribution in [2.24, 2.45) is 0 Å². The maximum absolute atomic E-state index is 14.5. The summed E-state index contributed by atoms with van der Waals surface area (Å²) < 4.78 is 69.6. The van der Waals surface area contributed by atoms with Crippen molar-refractivity contribution in [1.82, 2.24) is 14.9 Å². The molecule has 0 saturated heterocycles. The van der Waals surface area contributed by atoms with Crippen LogP contribution in [0, 0.1) is 11.6 Å². The Labute approximate surface area is 182 Å². The number of aromatic nitrogens is 2. The number of carbonyl (C=O) groups is 1. The van der Waals surface area contributed by atoms with Crippen molar-refractivity contribution in [1.29, 1.82) is 0 Å². The molecule has 1 N–H and O–H groups in total. The number of nitrogens with one attached hydrogen (secondary N) is 1. The molecule has 1 atom stereocenters. The Kier molecular flexibility index (Phi) is 6.79. The highest BCUT2D eigenvalue weighted by Crippen LogP contribution is 2.22. The molecule has 3 rings (SSSR count). The number of hydrogen-bond donors (Lipinski definition) is 1. The minimum absolute atomic E-state index is 0.0271. The number of hydrogen-bond acceptors (Lipinski definition) is 4.